The molecule has 5 rings (SSSR count). The van der Waals surface area contributed by atoms with Crippen molar-refractivity contribution in [3.63, 3.8) is 0 Å². The summed E-state index contributed by atoms with van der Waals surface area (Å²) in [5, 5.41) is 13.2. The van der Waals surface area contributed by atoms with Crippen LogP contribution in [0.5, 0.6) is 17.2 Å². The van der Waals surface area contributed by atoms with Crippen LogP contribution in [0.1, 0.15) is 42.4 Å². The zero-order chi connectivity index (χ0) is 30.5. The predicted molar refractivity (Wildman–Crippen MR) is 157 cm³/mol. The molecule has 2 aliphatic heterocycles. The molecule has 0 saturated carbocycles. The Labute approximate surface area is 250 Å². The molecule has 3 aromatic carbocycles. The van der Waals surface area contributed by atoms with Crippen molar-refractivity contribution >= 4 is 5.91 Å². The Morgan fingerprint density at radius 2 is 1.65 bits per heavy atom. The van der Waals surface area contributed by atoms with E-state index in [1.54, 1.807) is 18.2 Å². The Bertz CT molecular complexity index is 1360. The minimum Gasteiger partial charge on any atom is -0.504 e. The molecule has 2 N–H and O–H groups in total. The molecule has 0 spiro atoms. The lowest BCUT2D eigenvalue weighted by molar-refractivity contribution is -0.143. The van der Waals surface area contributed by atoms with Gasteiger partial charge in [0.25, 0.3) is 5.91 Å². The quantitative estimate of drug-likeness (QED) is 0.334. The number of phenolic OH excluding ortho intramolecular Hbond substituents is 1. The van der Waals surface area contributed by atoms with Gasteiger partial charge in [-0.15, -0.1) is 0 Å². The third-order valence-corrected chi connectivity index (χ3v) is 8.26. The number of benzene rings is 3. The number of alkyl halides is 3. The van der Waals surface area contributed by atoms with Gasteiger partial charge in [0, 0.05) is 38.8 Å². The molecule has 230 valence electrons. The number of nitrogens with zero attached hydrogens (tertiary/aromatic N) is 2. The van der Waals surface area contributed by atoms with Crippen LogP contribution in [0.4, 0.5) is 13.2 Å². The topological polar surface area (TPSA) is 74.3 Å². The van der Waals surface area contributed by atoms with E-state index < -0.39 is 17.3 Å². The number of rotatable bonds is 9. The van der Waals surface area contributed by atoms with E-state index >= 15 is 0 Å². The number of phenols is 1. The van der Waals surface area contributed by atoms with Gasteiger partial charge in [0.2, 0.25) is 0 Å². The largest absolute Gasteiger partial charge is 0.504 e. The molecule has 2 saturated heterocycles. The van der Waals surface area contributed by atoms with Crippen molar-refractivity contribution in [1.29, 1.82) is 0 Å². The van der Waals surface area contributed by atoms with Gasteiger partial charge in [-0.2, -0.15) is 13.2 Å². The first-order chi connectivity index (χ1) is 20.6. The van der Waals surface area contributed by atoms with E-state index in [1.807, 2.05) is 18.2 Å². The number of carbonyl (C=O) groups is 1. The molecule has 0 aliphatic carbocycles. The molecule has 10 heteroatoms. The summed E-state index contributed by atoms with van der Waals surface area (Å²) in [7, 11) is 1.49. The van der Waals surface area contributed by atoms with Crippen LogP contribution in [0.3, 0.4) is 0 Å². The van der Waals surface area contributed by atoms with Gasteiger partial charge in [0.15, 0.2) is 17.1 Å². The fraction of sp³-hybridized carbons (Fsp3) is 0.424. The Morgan fingerprint density at radius 3 is 2.33 bits per heavy atom. The summed E-state index contributed by atoms with van der Waals surface area (Å²) in [4.78, 5) is 18.5. The van der Waals surface area contributed by atoms with Crippen molar-refractivity contribution in [2.75, 3.05) is 33.3 Å². The first-order valence-corrected chi connectivity index (χ1v) is 14.7. The molecule has 2 aliphatic rings. The van der Waals surface area contributed by atoms with E-state index in [1.165, 1.54) is 24.8 Å². The Hall–Kier alpha value is -3.76. The van der Waals surface area contributed by atoms with Crippen molar-refractivity contribution in [2.45, 2.75) is 56.6 Å². The highest BCUT2D eigenvalue weighted by atomic mass is 19.4. The minimum absolute atomic E-state index is 0.0238. The van der Waals surface area contributed by atoms with Gasteiger partial charge in [-0.05, 0) is 79.8 Å². The number of hydrogen-bond acceptors (Lipinski definition) is 6. The second-order valence-corrected chi connectivity index (χ2v) is 11.4. The van der Waals surface area contributed by atoms with Crippen molar-refractivity contribution in [1.82, 2.24) is 15.1 Å². The van der Waals surface area contributed by atoms with Crippen molar-refractivity contribution in [3.05, 3.63) is 89.5 Å². The van der Waals surface area contributed by atoms with E-state index in [9.17, 15) is 23.1 Å². The lowest BCUT2D eigenvalue weighted by atomic mass is 9.90. The third kappa shape index (κ3) is 7.80. The lowest BCUT2D eigenvalue weighted by Gasteiger charge is -2.43. The number of carbonyl (C=O) groups excluding carboxylic acids is 1. The van der Waals surface area contributed by atoms with Crippen LogP contribution >= 0.6 is 0 Å². The number of hydrogen-bond donors (Lipinski definition) is 2. The van der Waals surface area contributed by atoms with Crippen LogP contribution in [-0.4, -0.2) is 65.7 Å². The van der Waals surface area contributed by atoms with Gasteiger partial charge in [0.05, 0.1) is 12.7 Å². The highest BCUT2D eigenvalue weighted by Crippen LogP contribution is 2.34. The number of ether oxygens (including phenoxy) is 2. The summed E-state index contributed by atoms with van der Waals surface area (Å²) >= 11 is 0. The van der Waals surface area contributed by atoms with Gasteiger partial charge >= 0.3 is 6.18 Å². The SMILES string of the molecule is COc1cc(CN2CCCC(Oc3ccc(C(F)(F)F)cc3)(C(=O)NC3CCN(Cc4ccccc4)CC3)C2)ccc1O. The van der Waals surface area contributed by atoms with E-state index in [0.717, 1.165) is 50.2 Å². The zero-order valence-corrected chi connectivity index (χ0v) is 24.3. The van der Waals surface area contributed by atoms with E-state index in [0.29, 0.717) is 31.7 Å². The number of likely N-dealkylation sites (tertiary alicyclic amines) is 2. The standard InChI is InChI=1S/C33H38F3N3O4/c1-42-30-20-25(8-13-29(30)40)22-39-17-5-16-32(23-39,43-28-11-9-26(10-12-28)33(34,35)36)31(41)37-27-14-18-38(19-15-27)21-24-6-3-2-4-7-24/h2-4,6-13,20,27,40H,5,14-19,21-23H2,1H3,(H,37,41). The number of aromatic hydroxyl groups is 1. The molecule has 1 atom stereocenters. The molecule has 2 heterocycles. The molecule has 7 nitrogen and oxygen atoms in total. The highest BCUT2D eigenvalue weighted by molar-refractivity contribution is 5.86. The summed E-state index contributed by atoms with van der Waals surface area (Å²) < 4.78 is 51.2. The summed E-state index contributed by atoms with van der Waals surface area (Å²) in [6, 6.07) is 19.9. The summed E-state index contributed by atoms with van der Waals surface area (Å²) in [6.45, 7) is 4.02. The highest BCUT2D eigenvalue weighted by Gasteiger charge is 2.45. The molecule has 2 fully saturated rings. The zero-order valence-electron chi connectivity index (χ0n) is 24.3. The molecular weight excluding hydrogens is 559 g/mol. The molecule has 0 bridgehead atoms. The number of amides is 1. The first kappa shape index (κ1) is 30.7. The summed E-state index contributed by atoms with van der Waals surface area (Å²) in [6.07, 6.45) is -1.77. The predicted octanol–water partition coefficient (Wildman–Crippen LogP) is 5.61. The molecular formula is C33H38F3N3O4. The van der Waals surface area contributed by atoms with Gasteiger partial charge in [0.1, 0.15) is 5.75 Å². The van der Waals surface area contributed by atoms with Crippen LogP contribution in [0.15, 0.2) is 72.8 Å². The number of piperidine rings is 2. The Kier molecular flexibility index (Phi) is 9.46. The van der Waals surface area contributed by atoms with Gasteiger partial charge in [-0.25, -0.2) is 0 Å². The van der Waals surface area contributed by atoms with Crippen LogP contribution in [0.25, 0.3) is 0 Å². The molecule has 0 aromatic heterocycles. The smallest absolute Gasteiger partial charge is 0.416 e. The maximum absolute atomic E-state index is 14.0. The first-order valence-electron chi connectivity index (χ1n) is 14.7. The minimum atomic E-state index is -4.46. The average molecular weight is 598 g/mol. The Balaban J connectivity index is 1.30. The van der Waals surface area contributed by atoms with E-state index in [4.69, 9.17) is 9.47 Å². The number of halogens is 3. The lowest BCUT2D eigenvalue weighted by Crippen LogP contribution is -2.62. The van der Waals surface area contributed by atoms with E-state index in [-0.39, 0.29) is 30.0 Å². The summed E-state index contributed by atoms with van der Waals surface area (Å²) in [5.74, 6) is 0.369. The normalized spacial score (nSPS) is 20.5. The second kappa shape index (κ2) is 13.3. The molecule has 3 aromatic rings. The van der Waals surface area contributed by atoms with Gasteiger partial charge < -0.3 is 19.9 Å². The van der Waals surface area contributed by atoms with Gasteiger partial charge in [-0.1, -0.05) is 36.4 Å². The third-order valence-electron chi connectivity index (χ3n) is 8.26. The number of nitrogens with one attached hydrogen (secondary N) is 1. The number of methoxy groups -OCH3 is 1. The molecule has 1 amide bonds. The average Bonchev–Trinajstić information content (AvgIpc) is 2.99. The van der Waals surface area contributed by atoms with Crippen LogP contribution in [0.2, 0.25) is 0 Å². The van der Waals surface area contributed by atoms with Crippen LogP contribution in [0, 0.1) is 0 Å². The molecule has 0 radical (unpaired) electrons. The second-order valence-electron chi connectivity index (χ2n) is 11.4. The monoisotopic (exact) mass is 597 g/mol. The van der Waals surface area contributed by atoms with Crippen molar-refractivity contribution in [2.24, 2.45) is 0 Å². The molecule has 1 unspecified atom stereocenters. The van der Waals surface area contributed by atoms with E-state index in [2.05, 4.69) is 27.2 Å². The van der Waals surface area contributed by atoms with Gasteiger partial charge in [-0.3, -0.25) is 14.6 Å². The summed E-state index contributed by atoms with van der Waals surface area (Å²) in [5.41, 5.74) is 0.0981. The van der Waals surface area contributed by atoms with Crippen LogP contribution in [-0.2, 0) is 24.1 Å². The van der Waals surface area contributed by atoms with Crippen LogP contribution < -0.4 is 14.8 Å². The fourth-order valence-electron chi connectivity index (χ4n) is 5.97. The van der Waals surface area contributed by atoms with Crippen molar-refractivity contribution < 1.29 is 32.5 Å². The maximum atomic E-state index is 14.0. The molecule has 43 heavy (non-hydrogen) atoms. The maximum Gasteiger partial charge on any atom is 0.416 e. The Morgan fingerprint density at radius 1 is 0.953 bits per heavy atom. The fourth-order valence-corrected chi connectivity index (χ4v) is 5.97. The van der Waals surface area contributed by atoms with Crippen molar-refractivity contribution in [3.8, 4) is 17.2 Å².